The molecule has 2 aliphatic rings. The molecule has 1 aromatic heterocycles. The van der Waals surface area contributed by atoms with E-state index in [4.69, 9.17) is 20.6 Å². The molecule has 0 saturated carbocycles. The molecule has 0 bridgehead atoms. The minimum absolute atomic E-state index is 0.0904. The number of carbonyl (C=O) groups is 1. The number of para-hydroxylation sites is 1. The maximum Gasteiger partial charge on any atom is 0.291 e. The number of carbonyl (C=O) groups excluding carboxylic acids is 1. The molecule has 1 fully saturated rings. The predicted molar refractivity (Wildman–Crippen MR) is 149 cm³/mol. The van der Waals surface area contributed by atoms with Crippen LogP contribution in [0, 0.1) is 11.2 Å². The van der Waals surface area contributed by atoms with Crippen LogP contribution >= 0.6 is 0 Å². The Morgan fingerprint density at radius 1 is 1.15 bits per heavy atom. The highest BCUT2D eigenvalue weighted by Crippen LogP contribution is 2.25. The van der Waals surface area contributed by atoms with E-state index in [0.717, 1.165) is 17.3 Å². The fourth-order valence-corrected chi connectivity index (χ4v) is 4.11. The number of benzodiazepines with no additional fused rings is 1. The van der Waals surface area contributed by atoms with Crippen LogP contribution in [0.4, 0.5) is 15.8 Å². The van der Waals surface area contributed by atoms with Gasteiger partial charge in [0.2, 0.25) is 12.1 Å². The van der Waals surface area contributed by atoms with Gasteiger partial charge >= 0.3 is 0 Å². The average Bonchev–Trinajstić information content (AvgIpc) is 3.11. The van der Waals surface area contributed by atoms with E-state index in [1.54, 1.807) is 6.07 Å². The van der Waals surface area contributed by atoms with Gasteiger partial charge in [0.25, 0.3) is 11.9 Å². The summed E-state index contributed by atoms with van der Waals surface area (Å²) in [4.78, 5) is 27.6. The molecule has 39 heavy (non-hydrogen) atoms. The standard InChI is InChI=1S/C26H24FN7O3.C2H6/c27-17-14-20(34-10-12-36-13-11-34)22(30-15-17)23(28)37-26(29)33-24-25(35)31-19-9-5-4-8-18(19)21(32-24)16-6-2-1-3-7-16;1-2/h1-9,14-15,24,28H,10-13H2,(H2,29,33)(H,31,35);1-2H3. The number of nitrogens with two attached hydrogens (primary N) is 1. The first-order valence-electron chi connectivity index (χ1n) is 12.6. The van der Waals surface area contributed by atoms with Crippen molar-refractivity contribution in [1.82, 2.24) is 4.98 Å². The van der Waals surface area contributed by atoms with E-state index in [1.165, 1.54) is 6.07 Å². The number of fused-ring (bicyclic) bond motifs is 1. The van der Waals surface area contributed by atoms with Crippen molar-refractivity contribution < 1.29 is 18.7 Å². The number of rotatable bonds is 4. The number of morpholine rings is 1. The number of aromatic nitrogens is 1. The summed E-state index contributed by atoms with van der Waals surface area (Å²) in [5, 5.41) is 11.2. The lowest BCUT2D eigenvalue weighted by molar-refractivity contribution is -0.117. The second-order valence-electron chi connectivity index (χ2n) is 8.27. The molecule has 0 radical (unpaired) electrons. The number of nitrogens with one attached hydrogen (secondary N) is 2. The van der Waals surface area contributed by atoms with Gasteiger partial charge in [0, 0.05) is 30.3 Å². The van der Waals surface area contributed by atoms with Crippen LogP contribution in [0.5, 0.6) is 0 Å². The Kier molecular flexibility index (Phi) is 8.95. The summed E-state index contributed by atoms with van der Waals surface area (Å²) >= 11 is 0. The quantitative estimate of drug-likeness (QED) is 0.348. The summed E-state index contributed by atoms with van der Waals surface area (Å²) in [5.74, 6) is -1.49. The second-order valence-corrected chi connectivity index (χ2v) is 8.27. The first-order chi connectivity index (χ1) is 19.0. The number of aliphatic imine (C=N–C) groups is 2. The molecule has 2 aromatic carbocycles. The molecule has 2 aliphatic heterocycles. The number of amidine groups is 1. The molecule has 0 spiro atoms. The summed E-state index contributed by atoms with van der Waals surface area (Å²) in [7, 11) is 0. The van der Waals surface area contributed by atoms with E-state index in [9.17, 15) is 9.18 Å². The highest BCUT2D eigenvalue weighted by atomic mass is 19.1. The molecule has 11 heteroatoms. The summed E-state index contributed by atoms with van der Waals surface area (Å²) < 4.78 is 24.8. The zero-order valence-corrected chi connectivity index (χ0v) is 21.7. The van der Waals surface area contributed by atoms with Crippen molar-refractivity contribution in [3.05, 3.63) is 89.5 Å². The normalized spacial score (nSPS) is 17.1. The number of anilines is 2. The third kappa shape index (κ3) is 6.44. The van der Waals surface area contributed by atoms with Crippen LogP contribution in [0.1, 0.15) is 30.7 Å². The van der Waals surface area contributed by atoms with Crippen LogP contribution in [0.3, 0.4) is 0 Å². The van der Waals surface area contributed by atoms with E-state index in [1.807, 2.05) is 67.3 Å². The van der Waals surface area contributed by atoms with Crippen molar-refractivity contribution in [1.29, 1.82) is 5.41 Å². The molecule has 1 amide bonds. The van der Waals surface area contributed by atoms with Crippen LogP contribution in [0.15, 0.2) is 76.8 Å². The number of amides is 1. The topological polar surface area (TPSA) is 138 Å². The maximum atomic E-state index is 14.0. The van der Waals surface area contributed by atoms with Gasteiger partial charge in [-0.15, -0.1) is 0 Å². The monoisotopic (exact) mass is 531 g/mol. The van der Waals surface area contributed by atoms with Gasteiger partial charge in [0.15, 0.2) is 0 Å². The van der Waals surface area contributed by atoms with Gasteiger partial charge in [-0.25, -0.2) is 14.4 Å². The molecule has 3 heterocycles. The van der Waals surface area contributed by atoms with Gasteiger partial charge in [0.05, 0.1) is 36.5 Å². The summed E-state index contributed by atoms with van der Waals surface area (Å²) in [6.07, 6.45) is -0.271. The van der Waals surface area contributed by atoms with Crippen LogP contribution in [-0.4, -0.2) is 61.0 Å². The third-order valence-corrected chi connectivity index (χ3v) is 5.83. The van der Waals surface area contributed by atoms with Crippen LogP contribution in [0.25, 0.3) is 0 Å². The number of hydrogen-bond donors (Lipinski definition) is 3. The van der Waals surface area contributed by atoms with Gasteiger partial charge in [-0.1, -0.05) is 62.4 Å². The Hall–Kier alpha value is -4.64. The van der Waals surface area contributed by atoms with E-state index in [2.05, 4.69) is 20.3 Å². The van der Waals surface area contributed by atoms with Gasteiger partial charge in [-0.2, -0.15) is 4.99 Å². The van der Waals surface area contributed by atoms with E-state index in [-0.39, 0.29) is 5.69 Å². The number of benzene rings is 2. The predicted octanol–water partition coefficient (Wildman–Crippen LogP) is 3.56. The van der Waals surface area contributed by atoms with Crippen LogP contribution in [-0.2, 0) is 14.3 Å². The molecule has 202 valence electrons. The molecule has 4 N–H and O–H groups in total. The SMILES string of the molecule is CC.N=C(O/C(N)=N/C1N=C(c2ccccc2)c2ccccc2NC1=O)c1ncc(F)cc1N1CCOCC1. The number of hydrogen-bond acceptors (Lipinski definition) is 8. The summed E-state index contributed by atoms with van der Waals surface area (Å²) in [6, 6.07) is 17.5. The molecular weight excluding hydrogens is 501 g/mol. The lowest BCUT2D eigenvalue weighted by atomic mass is 10.0. The fraction of sp³-hybridized carbons (Fsp3) is 0.250. The van der Waals surface area contributed by atoms with Crippen molar-refractivity contribution >= 4 is 34.9 Å². The van der Waals surface area contributed by atoms with Crippen molar-refractivity contribution in [2.24, 2.45) is 15.7 Å². The van der Waals surface area contributed by atoms with Crippen molar-refractivity contribution in [3.8, 4) is 0 Å². The number of ether oxygens (including phenoxy) is 2. The zero-order valence-electron chi connectivity index (χ0n) is 21.7. The van der Waals surface area contributed by atoms with Crippen LogP contribution < -0.4 is 16.0 Å². The molecule has 1 atom stereocenters. The van der Waals surface area contributed by atoms with Crippen LogP contribution in [0.2, 0.25) is 0 Å². The Labute approximate surface area is 225 Å². The van der Waals surface area contributed by atoms with Gasteiger partial charge < -0.3 is 25.4 Å². The average molecular weight is 532 g/mol. The molecule has 1 unspecified atom stereocenters. The molecule has 3 aromatic rings. The first kappa shape index (κ1) is 27.4. The Balaban J connectivity index is 0.00000172. The van der Waals surface area contributed by atoms with Crippen molar-refractivity contribution in [2.75, 3.05) is 36.5 Å². The lowest BCUT2D eigenvalue weighted by Crippen LogP contribution is -2.37. The number of nitrogens with zero attached hydrogens (tertiary/aromatic N) is 4. The smallest absolute Gasteiger partial charge is 0.291 e. The summed E-state index contributed by atoms with van der Waals surface area (Å²) in [5.41, 5.74) is 9.15. The molecule has 0 aliphatic carbocycles. The van der Waals surface area contributed by atoms with E-state index >= 15 is 0 Å². The number of pyridine rings is 1. The van der Waals surface area contributed by atoms with E-state index < -0.39 is 29.8 Å². The Bertz CT molecular complexity index is 1390. The molecule has 10 nitrogen and oxygen atoms in total. The van der Waals surface area contributed by atoms with Gasteiger partial charge in [-0.3, -0.25) is 10.2 Å². The molecular formula is C28H30FN7O3. The highest BCUT2D eigenvalue weighted by molar-refractivity contribution is 6.19. The first-order valence-corrected chi connectivity index (χ1v) is 12.6. The number of halogens is 1. The minimum atomic E-state index is -1.27. The molecule has 5 rings (SSSR count). The second kappa shape index (κ2) is 12.7. The third-order valence-electron chi connectivity index (χ3n) is 5.83. The van der Waals surface area contributed by atoms with Gasteiger partial charge in [0.1, 0.15) is 11.5 Å². The fourth-order valence-electron chi connectivity index (χ4n) is 4.11. The Morgan fingerprint density at radius 2 is 1.85 bits per heavy atom. The minimum Gasteiger partial charge on any atom is -0.405 e. The summed E-state index contributed by atoms with van der Waals surface area (Å²) in [6.45, 7) is 5.95. The maximum absolute atomic E-state index is 14.0. The molecule has 1 saturated heterocycles. The van der Waals surface area contributed by atoms with Crippen molar-refractivity contribution in [3.63, 3.8) is 0 Å². The lowest BCUT2D eigenvalue weighted by Gasteiger charge is -2.29. The highest BCUT2D eigenvalue weighted by Gasteiger charge is 2.27. The largest absolute Gasteiger partial charge is 0.405 e. The van der Waals surface area contributed by atoms with E-state index in [0.29, 0.717) is 43.4 Å². The van der Waals surface area contributed by atoms with Crippen molar-refractivity contribution in [2.45, 2.75) is 20.0 Å². The van der Waals surface area contributed by atoms with Gasteiger partial charge in [-0.05, 0) is 6.07 Å². The Morgan fingerprint density at radius 3 is 2.59 bits per heavy atom. The zero-order chi connectivity index (χ0) is 27.8.